The Bertz CT molecular complexity index is 369. The van der Waals surface area contributed by atoms with Crippen LogP contribution in [0.5, 0.6) is 0 Å². The summed E-state index contributed by atoms with van der Waals surface area (Å²) in [5.74, 6) is 0. The molecule has 1 atom stereocenters. The zero-order valence-corrected chi connectivity index (χ0v) is 14.5. The summed E-state index contributed by atoms with van der Waals surface area (Å²) < 4.78 is 18.1. The van der Waals surface area contributed by atoms with Gasteiger partial charge in [-0.05, 0) is 45.7 Å². The van der Waals surface area contributed by atoms with E-state index in [0.29, 0.717) is 19.8 Å². The zero-order valence-electron chi connectivity index (χ0n) is 13.5. The van der Waals surface area contributed by atoms with Gasteiger partial charge in [0.1, 0.15) is 0 Å². The van der Waals surface area contributed by atoms with Crippen LogP contribution in [0.15, 0.2) is 30.3 Å². The van der Waals surface area contributed by atoms with Crippen LogP contribution >= 0.6 is 0 Å². The van der Waals surface area contributed by atoms with Gasteiger partial charge in [-0.15, -0.1) is 0 Å². The maximum Gasteiger partial charge on any atom is 0.501 e. The fourth-order valence-corrected chi connectivity index (χ4v) is 5.20. The van der Waals surface area contributed by atoms with E-state index in [-0.39, 0.29) is 6.10 Å². The molecule has 1 aromatic carbocycles. The molecule has 21 heavy (non-hydrogen) atoms. The summed E-state index contributed by atoms with van der Waals surface area (Å²) in [4.78, 5) is 0. The highest BCUT2D eigenvalue weighted by atomic mass is 28.4. The van der Waals surface area contributed by atoms with Crippen molar-refractivity contribution in [2.75, 3.05) is 19.8 Å². The Morgan fingerprint density at radius 3 is 2.24 bits per heavy atom. The van der Waals surface area contributed by atoms with Crippen LogP contribution in [0.2, 0.25) is 6.04 Å². The first-order valence-corrected chi connectivity index (χ1v) is 9.78. The summed E-state index contributed by atoms with van der Waals surface area (Å²) in [6, 6.07) is 11.1. The first-order valence-electron chi connectivity index (χ1n) is 7.85. The Morgan fingerprint density at radius 1 is 1.10 bits per heavy atom. The summed E-state index contributed by atoms with van der Waals surface area (Å²) >= 11 is 0. The lowest BCUT2D eigenvalue weighted by molar-refractivity contribution is 0.0382. The number of rotatable bonds is 11. The first kappa shape index (κ1) is 18.3. The largest absolute Gasteiger partial charge is 0.501 e. The smallest absolute Gasteiger partial charge is 0.374 e. The number of nitrogens with two attached hydrogens (primary N) is 1. The second-order valence-electron chi connectivity index (χ2n) is 5.06. The van der Waals surface area contributed by atoms with Crippen molar-refractivity contribution in [2.45, 2.75) is 45.8 Å². The van der Waals surface area contributed by atoms with E-state index >= 15 is 0 Å². The van der Waals surface area contributed by atoms with Crippen molar-refractivity contribution in [3.63, 3.8) is 0 Å². The van der Waals surface area contributed by atoms with Crippen LogP contribution in [0.1, 0.15) is 32.8 Å². The van der Waals surface area contributed by atoms with Crippen molar-refractivity contribution in [1.82, 2.24) is 0 Å². The normalized spacial score (nSPS) is 13.3. The monoisotopic (exact) mass is 311 g/mol. The summed E-state index contributed by atoms with van der Waals surface area (Å²) in [6.07, 6.45) is 1.79. The van der Waals surface area contributed by atoms with E-state index in [0.717, 1.165) is 18.9 Å². The molecule has 0 bridgehead atoms. The molecule has 0 aliphatic rings. The average molecular weight is 311 g/mol. The molecule has 120 valence electrons. The number of benzene rings is 1. The average Bonchev–Trinajstić information content (AvgIpc) is 2.46. The molecule has 0 aromatic heterocycles. The van der Waals surface area contributed by atoms with Crippen LogP contribution in [0.25, 0.3) is 0 Å². The third-order valence-electron chi connectivity index (χ3n) is 3.16. The second-order valence-corrected chi connectivity index (χ2v) is 7.74. The molecule has 4 nitrogen and oxygen atoms in total. The molecule has 0 heterocycles. The van der Waals surface area contributed by atoms with E-state index in [1.54, 1.807) is 0 Å². The zero-order chi connectivity index (χ0) is 15.6. The quantitative estimate of drug-likeness (QED) is 0.638. The molecule has 2 N–H and O–H groups in total. The molecule has 0 amide bonds. The summed E-state index contributed by atoms with van der Waals surface area (Å²) in [5.41, 5.74) is 6.90. The highest BCUT2D eigenvalue weighted by Crippen LogP contribution is 2.21. The predicted molar refractivity (Wildman–Crippen MR) is 88.2 cm³/mol. The van der Waals surface area contributed by atoms with Gasteiger partial charge >= 0.3 is 8.80 Å². The van der Waals surface area contributed by atoms with E-state index < -0.39 is 8.80 Å². The van der Waals surface area contributed by atoms with E-state index in [2.05, 4.69) is 19.1 Å². The van der Waals surface area contributed by atoms with Crippen molar-refractivity contribution in [3.8, 4) is 0 Å². The Kier molecular flexibility index (Phi) is 8.80. The van der Waals surface area contributed by atoms with E-state index in [1.807, 2.05) is 32.0 Å². The third-order valence-corrected chi connectivity index (χ3v) is 6.35. The number of hydrogen-bond donors (Lipinski definition) is 1. The van der Waals surface area contributed by atoms with Crippen molar-refractivity contribution >= 4 is 8.80 Å². The van der Waals surface area contributed by atoms with Gasteiger partial charge in [0.05, 0.1) is 6.10 Å². The molecule has 5 heteroatoms. The lowest BCUT2D eigenvalue weighted by atomic mass is 10.1. The molecule has 0 aliphatic carbocycles. The fourth-order valence-electron chi connectivity index (χ4n) is 2.37. The summed E-state index contributed by atoms with van der Waals surface area (Å²) in [6.45, 7) is 7.88. The molecule has 1 rings (SSSR count). The lowest BCUT2D eigenvalue weighted by Crippen LogP contribution is -2.48. The van der Waals surface area contributed by atoms with Crippen LogP contribution in [0.4, 0.5) is 0 Å². The predicted octanol–water partition coefficient (Wildman–Crippen LogP) is 2.99. The fraction of sp³-hybridized carbons (Fsp3) is 0.625. The standard InChI is InChI=1S/C16H29NO3Si/c1-4-18-21(19-5-2,13-9-12-17)20-15(3)14-16-10-7-6-8-11-16/h6-8,10-11,15H,4-5,9,12-14,17H2,1-3H3. The lowest BCUT2D eigenvalue weighted by Gasteiger charge is -2.31. The summed E-state index contributed by atoms with van der Waals surface area (Å²) in [5, 5.41) is 0. The molecule has 1 aromatic rings. The van der Waals surface area contributed by atoms with Gasteiger partial charge in [0.2, 0.25) is 0 Å². The maximum atomic E-state index is 6.26. The minimum absolute atomic E-state index is 0.0648. The molecule has 0 saturated carbocycles. The Labute approximate surface area is 130 Å². The van der Waals surface area contributed by atoms with Crippen molar-refractivity contribution in [3.05, 3.63) is 35.9 Å². The van der Waals surface area contributed by atoms with E-state index in [9.17, 15) is 0 Å². The van der Waals surface area contributed by atoms with Crippen LogP contribution in [-0.2, 0) is 19.7 Å². The van der Waals surface area contributed by atoms with Crippen LogP contribution in [0, 0.1) is 0 Å². The highest BCUT2D eigenvalue weighted by Gasteiger charge is 2.41. The minimum atomic E-state index is -2.61. The van der Waals surface area contributed by atoms with Crippen molar-refractivity contribution in [1.29, 1.82) is 0 Å². The van der Waals surface area contributed by atoms with Gasteiger partial charge < -0.3 is 19.0 Å². The van der Waals surface area contributed by atoms with Gasteiger partial charge in [0.15, 0.2) is 0 Å². The van der Waals surface area contributed by atoms with E-state index in [1.165, 1.54) is 5.56 Å². The van der Waals surface area contributed by atoms with Crippen LogP contribution < -0.4 is 5.73 Å². The van der Waals surface area contributed by atoms with Gasteiger partial charge in [0.25, 0.3) is 0 Å². The van der Waals surface area contributed by atoms with Crippen molar-refractivity contribution in [2.24, 2.45) is 5.73 Å². The van der Waals surface area contributed by atoms with Gasteiger partial charge in [-0.3, -0.25) is 0 Å². The van der Waals surface area contributed by atoms with Crippen LogP contribution in [-0.4, -0.2) is 34.7 Å². The molecular weight excluding hydrogens is 282 g/mol. The third kappa shape index (κ3) is 6.71. The molecule has 0 saturated heterocycles. The molecule has 0 radical (unpaired) electrons. The van der Waals surface area contributed by atoms with Gasteiger partial charge in [-0.1, -0.05) is 30.3 Å². The molecular formula is C16H29NO3Si. The van der Waals surface area contributed by atoms with Crippen LogP contribution in [0.3, 0.4) is 0 Å². The highest BCUT2D eigenvalue weighted by molar-refractivity contribution is 6.60. The first-order chi connectivity index (χ1) is 10.2. The van der Waals surface area contributed by atoms with E-state index in [4.69, 9.17) is 19.0 Å². The van der Waals surface area contributed by atoms with Gasteiger partial charge in [-0.2, -0.15) is 0 Å². The summed E-state index contributed by atoms with van der Waals surface area (Å²) in [7, 11) is -2.61. The van der Waals surface area contributed by atoms with Gasteiger partial charge in [0, 0.05) is 19.3 Å². The van der Waals surface area contributed by atoms with Crippen molar-refractivity contribution < 1.29 is 13.3 Å². The number of hydrogen-bond acceptors (Lipinski definition) is 4. The van der Waals surface area contributed by atoms with Gasteiger partial charge in [-0.25, -0.2) is 0 Å². The Morgan fingerprint density at radius 2 is 1.71 bits per heavy atom. The molecule has 0 fully saturated rings. The molecule has 1 unspecified atom stereocenters. The Hall–Kier alpha value is -0.723. The molecule has 0 spiro atoms. The molecule has 0 aliphatic heterocycles. The SMILES string of the molecule is CCO[Si](CCCN)(OCC)OC(C)Cc1ccccc1. The second kappa shape index (κ2) is 10.1. The minimum Gasteiger partial charge on any atom is -0.374 e. The Balaban J connectivity index is 2.68. The topological polar surface area (TPSA) is 53.7 Å². The maximum absolute atomic E-state index is 6.26.